The largest absolute Gasteiger partial charge is 0.488 e. The lowest BCUT2D eigenvalue weighted by molar-refractivity contribution is 0.182. The summed E-state index contributed by atoms with van der Waals surface area (Å²) >= 11 is 0. The zero-order valence-electron chi connectivity index (χ0n) is 10.9. The Kier molecular flexibility index (Phi) is 3.40. The average Bonchev–Trinajstić information content (AvgIpc) is 2.46. The average molecular weight is 275 g/mol. The Balaban J connectivity index is 2.10. The molecule has 0 aliphatic carbocycles. The van der Waals surface area contributed by atoms with Crippen LogP contribution in [0.25, 0.3) is 11.1 Å². The molecule has 0 unspecified atom stereocenters. The first-order valence-corrected chi connectivity index (χ1v) is 6.63. The van der Waals surface area contributed by atoms with Crippen molar-refractivity contribution in [2.45, 2.75) is 18.9 Å². The molecule has 0 spiro atoms. The number of nitrogens with two attached hydrogens (primary N) is 1. The van der Waals surface area contributed by atoms with Crippen molar-refractivity contribution in [2.24, 2.45) is 5.73 Å². The molecule has 1 atom stereocenters. The van der Waals surface area contributed by atoms with Gasteiger partial charge in [-0.25, -0.2) is 8.78 Å². The van der Waals surface area contributed by atoms with Crippen molar-refractivity contribution in [3.05, 3.63) is 53.6 Å². The van der Waals surface area contributed by atoms with E-state index in [0.717, 1.165) is 24.5 Å². The van der Waals surface area contributed by atoms with Crippen LogP contribution in [0.15, 0.2) is 36.4 Å². The van der Waals surface area contributed by atoms with E-state index in [9.17, 15) is 8.78 Å². The molecule has 0 amide bonds. The van der Waals surface area contributed by atoms with Gasteiger partial charge < -0.3 is 10.5 Å². The van der Waals surface area contributed by atoms with Crippen molar-refractivity contribution < 1.29 is 13.5 Å². The molecule has 2 nitrogen and oxygen atoms in total. The van der Waals surface area contributed by atoms with E-state index in [4.69, 9.17) is 10.5 Å². The minimum atomic E-state index is -0.586. The Hall–Kier alpha value is -1.94. The zero-order valence-corrected chi connectivity index (χ0v) is 10.9. The van der Waals surface area contributed by atoms with Crippen LogP contribution in [0.4, 0.5) is 8.78 Å². The number of halogens is 2. The topological polar surface area (TPSA) is 35.2 Å². The second-order valence-corrected chi connectivity index (χ2v) is 4.93. The summed E-state index contributed by atoms with van der Waals surface area (Å²) in [6.07, 6.45) is 1.67. The fraction of sp³-hybridized carbons (Fsp3) is 0.250. The van der Waals surface area contributed by atoms with Crippen molar-refractivity contribution in [1.82, 2.24) is 0 Å². The molecule has 0 bridgehead atoms. The molecule has 0 fully saturated rings. The summed E-state index contributed by atoms with van der Waals surface area (Å²) in [6, 6.07) is 9.19. The number of fused-ring (bicyclic) bond motifs is 1. The van der Waals surface area contributed by atoms with Crippen molar-refractivity contribution in [3.63, 3.8) is 0 Å². The highest BCUT2D eigenvalue weighted by Crippen LogP contribution is 2.38. The zero-order chi connectivity index (χ0) is 14.1. The van der Waals surface area contributed by atoms with Crippen molar-refractivity contribution in [2.75, 3.05) is 6.54 Å². The molecule has 1 aliphatic rings. The Labute approximate surface area is 116 Å². The predicted molar refractivity (Wildman–Crippen MR) is 73.6 cm³/mol. The lowest BCUT2D eigenvalue weighted by atomic mass is 9.95. The van der Waals surface area contributed by atoms with Crippen molar-refractivity contribution >= 4 is 0 Å². The van der Waals surface area contributed by atoms with Gasteiger partial charge in [0.25, 0.3) is 0 Å². The Morgan fingerprint density at radius 3 is 2.75 bits per heavy atom. The summed E-state index contributed by atoms with van der Waals surface area (Å²) in [5.74, 6) is -0.506. The first-order chi connectivity index (χ1) is 9.69. The van der Waals surface area contributed by atoms with Gasteiger partial charge in [-0.1, -0.05) is 18.2 Å². The number of aryl methyl sites for hydroxylation is 1. The van der Waals surface area contributed by atoms with E-state index >= 15 is 0 Å². The van der Waals surface area contributed by atoms with E-state index in [0.29, 0.717) is 23.4 Å². The lowest BCUT2D eigenvalue weighted by Crippen LogP contribution is -2.30. The highest BCUT2D eigenvalue weighted by molar-refractivity contribution is 5.73. The summed E-state index contributed by atoms with van der Waals surface area (Å²) in [5, 5.41) is 0. The van der Waals surface area contributed by atoms with Crippen LogP contribution in [-0.2, 0) is 6.42 Å². The van der Waals surface area contributed by atoms with Crippen LogP contribution in [0.5, 0.6) is 5.75 Å². The molecule has 1 heterocycles. The van der Waals surface area contributed by atoms with Gasteiger partial charge in [0.1, 0.15) is 23.5 Å². The number of para-hydroxylation sites is 1. The van der Waals surface area contributed by atoms with Gasteiger partial charge >= 0.3 is 0 Å². The summed E-state index contributed by atoms with van der Waals surface area (Å²) < 4.78 is 32.9. The second-order valence-electron chi connectivity index (χ2n) is 4.93. The molecule has 20 heavy (non-hydrogen) atoms. The van der Waals surface area contributed by atoms with Gasteiger partial charge in [0.2, 0.25) is 0 Å². The monoisotopic (exact) mass is 275 g/mol. The maximum atomic E-state index is 14.0. The first-order valence-electron chi connectivity index (χ1n) is 6.63. The molecule has 0 saturated carbocycles. The molecule has 1 aliphatic heterocycles. The van der Waals surface area contributed by atoms with Gasteiger partial charge in [-0.3, -0.25) is 0 Å². The molecule has 2 aromatic carbocycles. The minimum absolute atomic E-state index is 0.0489. The fourth-order valence-corrected chi connectivity index (χ4v) is 2.55. The van der Waals surface area contributed by atoms with Crippen LogP contribution in [0.1, 0.15) is 12.0 Å². The van der Waals surface area contributed by atoms with E-state index in [1.165, 1.54) is 12.1 Å². The molecule has 0 saturated heterocycles. The van der Waals surface area contributed by atoms with E-state index in [1.54, 1.807) is 6.07 Å². The van der Waals surface area contributed by atoms with E-state index in [-0.39, 0.29) is 6.10 Å². The molecule has 2 N–H and O–H groups in total. The van der Waals surface area contributed by atoms with Crippen LogP contribution in [0.2, 0.25) is 0 Å². The summed E-state index contributed by atoms with van der Waals surface area (Å²) in [7, 11) is 0. The van der Waals surface area contributed by atoms with Gasteiger partial charge in [-0.05, 0) is 30.5 Å². The third kappa shape index (κ3) is 2.27. The third-order valence-corrected chi connectivity index (χ3v) is 3.60. The SMILES string of the molecule is NC[C@H]1CCc2cccc(-c3ccc(F)cc3F)c2O1. The van der Waals surface area contributed by atoms with Gasteiger partial charge in [0, 0.05) is 23.7 Å². The Morgan fingerprint density at radius 1 is 1.15 bits per heavy atom. The molecular formula is C16H15F2NO. The molecule has 0 radical (unpaired) electrons. The standard InChI is InChI=1S/C16H15F2NO/c17-11-5-7-13(15(18)8-11)14-3-1-2-10-4-6-12(9-19)20-16(10)14/h1-3,5,7-8,12H,4,6,9,19H2/t12-/m1/s1. The highest BCUT2D eigenvalue weighted by atomic mass is 19.1. The quantitative estimate of drug-likeness (QED) is 0.912. The predicted octanol–water partition coefficient (Wildman–Crippen LogP) is 3.28. The highest BCUT2D eigenvalue weighted by Gasteiger charge is 2.22. The summed E-state index contributed by atoms with van der Waals surface area (Å²) in [4.78, 5) is 0. The van der Waals surface area contributed by atoms with Crippen LogP contribution in [0, 0.1) is 11.6 Å². The fourth-order valence-electron chi connectivity index (χ4n) is 2.55. The maximum absolute atomic E-state index is 14.0. The number of benzene rings is 2. The molecule has 104 valence electrons. The minimum Gasteiger partial charge on any atom is -0.488 e. The normalized spacial score (nSPS) is 17.4. The van der Waals surface area contributed by atoms with Crippen LogP contribution >= 0.6 is 0 Å². The first kappa shape index (κ1) is 13.1. The van der Waals surface area contributed by atoms with E-state index < -0.39 is 11.6 Å². The molecule has 2 aromatic rings. The molecular weight excluding hydrogens is 260 g/mol. The van der Waals surface area contributed by atoms with E-state index in [2.05, 4.69) is 0 Å². The summed E-state index contributed by atoms with van der Waals surface area (Å²) in [6.45, 7) is 0.430. The third-order valence-electron chi connectivity index (χ3n) is 3.60. The van der Waals surface area contributed by atoms with Crippen LogP contribution < -0.4 is 10.5 Å². The maximum Gasteiger partial charge on any atom is 0.134 e. The molecule has 4 heteroatoms. The number of rotatable bonds is 2. The van der Waals surface area contributed by atoms with Gasteiger partial charge in [0.05, 0.1) is 0 Å². The number of hydrogen-bond donors (Lipinski definition) is 1. The smallest absolute Gasteiger partial charge is 0.134 e. The van der Waals surface area contributed by atoms with Gasteiger partial charge in [-0.15, -0.1) is 0 Å². The Bertz CT molecular complexity index is 642. The number of ether oxygens (including phenoxy) is 1. The van der Waals surface area contributed by atoms with Crippen LogP contribution in [-0.4, -0.2) is 12.6 Å². The number of hydrogen-bond acceptors (Lipinski definition) is 2. The summed E-state index contributed by atoms with van der Waals surface area (Å²) in [5.41, 5.74) is 7.69. The Morgan fingerprint density at radius 2 is 2.00 bits per heavy atom. The molecule has 0 aromatic heterocycles. The van der Waals surface area contributed by atoms with Gasteiger partial charge in [-0.2, -0.15) is 0 Å². The van der Waals surface area contributed by atoms with Crippen molar-refractivity contribution in [1.29, 1.82) is 0 Å². The lowest BCUT2D eigenvalue weighted by Gasteiger charge is -2.27. The van der Waals surface area contributed by atoms with Crippen molar-refractivity contribution in [3.8, 4) is 16.9 Å². The van der Waals surface area contributed by atoms with E-state index in [1.807, 2.05) is 12.1 Å². The van der Waals surface area contributed by atoms with Crippen LogP contribution in [0.3, 0.4) is 0 Å². The molecule has 3 rings (SSSR count). The second kappa shape index (κ2) is 5.21. The van der Waals surface area contributed by atoms with Gasteiger partial charge in [0.15, 0.2) is 0 Å².